The maximum atomic E-state index is 9.25. The molecule has 28 heavy (non-hydrogen) atoms. The van der Waals surface area contributed by atoms with Crippen molar-refractivity contribution in [2.45, 2.75) is 41.5 Å². The highest BCUT2D eigenvalue weighted by Gasteiger charge is 1.97. The van der Waals surface area contributed by atoms with Crippen molar-refractivity contribution in [3.63, 3.8) is 0 Å². The highest BCUT2D eigenvalue weighted by atomic mass is 16.3. The molecule has 0 aliphatic heterocycles. The molecule has 0 atom stereocenters. The summed E-state index contributed by atoms with van der Waals surface area (Å²) in [5.41, 5.74) is 2.44. The van der Waals surface area contributed by atoms with Crippen molar-refractivity contribution >= 4 is 21.5 Å². The van der Waals surface area contributed by atoms with Gasteiger partial charge in [-0.25, -0.2) is 0 Å². The van der Waals surface area contributed by atoms with E-state index in [1.807, 2.05) is 77.1 Å². The smallest absolute Gasteiger partial charge is 0.116 e. The predicted molar refractivity (Wildman–Crippen MR) is 123 cm³/mol. The Kier molecular flexibility index (Phi) is 9.59. The number of phenols is 2. The van der Waals surface area contributed by atoms with Gasteiger partial charge in [0.05, 0.1) is 0 Å². The molecule has 2 heteroatoms. The van der Waals surface area contributed by atoms with Crippen molar-refractivity contribution in [3.05, 3.63) is 83.9 Å². The van der Waals surface area contributed by atoms with Gasteiger partial charge in [-0.2, -0.15) is 0 Å². The summed E-state index contributed by atoms with van der Waals surface area (Å²) in [4.78, 5) is 0. The van der Waals surface area contributed by atoms with E-state index in [1.165, 1.54) is 21.9 Å². The second-order valence-electron chi connectivity index (χ2n) is 5.96. The van der Waals surface area contributed by atoms with Gasteiger partial charge in [0.1, 0.15) is 11.5 Å². The number of fused-ring (bicyclic) bond motifs is 2. The third-order valence-corrected chi connectivity index (χ3v) is 4.17. The lowest BCUT2D eigenvalue weighted by Gasteiger charge is -2.01. The molecular formula is C26H32O2. The molecule has 0 amide bonds. The number of benzene rings is 4. The van der Waals surface area contributed by atoms with Gasteiger partial charge in [-0.05, 0) is 70.8 Å². The van der Waals surface area contributed by atoms with Crippen LogP contribution < -0.4 is 0 Å². The lowest BCUT2D eigenvalue weighted by atomic mass is 10.1. The van der Waals surface area contributed by atoms with Crippen LogP contribution in [0, 0.1) is 13.8 Å². The van der Waals surface area contributed by atoms with E-state index < -0.39 is 0 Å². The Balaban J connectivity index is 0.000000238. The van der Waals surface area contributed by atoms with Crippen LogP contribution in [0.15, 0.2) is 72.8 Å². The lowest BCUT2D eigenvalue weighted by molar-refractivity contribution is 0.475. The zero-order valence-corrected chi connectivity index (χ0v) is 17.8. The van der Waals surface area contributed by atoms with Crippen LogP contribution >= 0.6 is 0 Å². The van der Waals surface area contributed by atoms with Crippen LogP contribution in [0.3, 0.4) is 0 Å². The normalized spacial score (nSPS) is 9.36. The summed E-state index contributed by atoms with van der Waals surface area (Å²) < 4.78 is 0. The fourth-order valence-corrected chi connectivity index (χ4v) is 2.85. The summed E-state index contributed by atoms with van der Waals surface area (Å²) >= 11 is 0. The summed E-state index contributed by atoms with van der Waals surface area (Å²) in [6, 6.07) is 23.1. The van der Waals surface area contributed by atoms with Gasteiger partial charge in [0.25, 0.3) is 0 Å². The van der Waals surface area contributed by atoms with Gasteiger partial charge in [0, 0.05) is 0 Å². The molecule has 0 aliphatic rings. The average molecular weight is 377 g/mol. The highest BCUT2D eigenvalue weighted by molar-refractivity contribution is 5.87. The maximum absolute atomic E-state index is 9.25. The van der Waals surface area contributed by atoms with Crippen molar-refractivity contribution in [1.82, 2.24) is 0 Å². The van der Waals surface area contributed by atoms with Gasteiger partial charge in [-0.1, -0.05) is 76.2 Å². The third-order valence-electron chi connectivity index (χ3n) is 4.17. The molecule has 0 saturated carbocycles. The summed E-state index contributed by atoms with van der Waals surface area (Å²) in [7, 11) is 0. The maximum Gasteiger partial charge on any atom is 0.116 e. The predicted octanol–water partition coefficient (Wildman–Crippen LogP) is 7.76. The van der Waals surface area contributed by atoms with E-state index in [0.29, 0.717) is 11.5 Å². The first kappa shape index (κ1) is 23.0. The Bertz CT molecular complexity index is 1000. The van der Waals surface area contributed by atoms with E-state index in [-0.39, 0.29) is 0 Å². The van der Waals surface area contributed by atoms with Crippen molar-refractivity contribution in [1.29, 1.82) is 0 Å². The molecule has 0 aromatic heterocycles. The summed E-state index contributed by atoms with van der Waals surface area (Å²) in [6.07, 6.45) is 0. The van der Waals surface area contributed by atoms with Crippen LogP contribution in [0.2, 0.25) is 0 Å². The zero-order chi connectivity index (χ0) is 21.1. The minimum atomic E-state index is 0.327. The van der Waals surface area contributed by atoms with Crippen LogP contribution in [0.4, 0.5) is 0 Å². The number of hydrogen-bond donors (Lipinski definition) is 2. The summed E-state index contributed by atoms with van der Waals surface area (Å²) in [5.74, 6) is 0.657. The van der Waals surface area contributed by atoms with E-state index in [4.69, 9.17) is 0 Å². The third kappa shape index (κ3) is 6.02. The zero-order valence-electron chi connectivity index (χ0n) is 17.8. The Morgan fingerprint density at radius 1 is 0.500 bits per heavy atom. The Hall–Kier alpha value is -3.00. The fraction of sp³-hybridized carbons (Fsp3) is 0.231. The summed E-state index contributed by atoms with van der Waals surface area (Å²) in [6.45, 7) is 12.1. The molecule has 0 aliphatic carbocycles. The van der Waals surface area contributed by atoms with Crippen LogP contribution in [0.1, 0.15) is 38.8 Å². The molecule has 0 heterocycles. The van der Waals surface area contributed by atoms with Crippen molar-refractivity contribution < 1.29 is 10.2 Å². The number of aromatic hydroxyl groups is 2. The topological polar surface area (TPSA) is 40.5 Å². The van der Waals surface area contributed by atoms with Crippen LogP contribution in [0.5, 0.6) is 11.5 Å². The van der Waals surface area contributed by atoms with E-state index in [0.717, 1.165) is 10.8 Å². The number of phenolic OH excluding ortho intramolecular Hbond substituents is 2. The van der Waals surface area contributed by atoms with Gasteiger partial charge in [-0.15, -0.1) is 0 Å². The molecule has 4 rings (SSSR count). The van der Waals surface area contributed by atoms with Crippen LogP contribution in [0.25, 0.3) is 21.5 Å². The number of rotatable bonds is 0. The molecule has 0 bridgehead atoms. The van der Waals surface area contributed by atoms with Crippen molar-refractivity contribution in [2.75, 3.05) is 0 Å². The van der Waals surface area contributed by atoms with Crippen molar-refractivity contribution in [3.8, 4) is 11.5 Å². The average Bonchev–Trinajstić information content (AvgIpc) is 2.72. The Labute approximate surface area is 169 Å². The molecule has 0 radical (unpaired) electrons. The molecule has 0 fully saturated rings. The molecule has 0 saturated heterocycles. The molecule has 2 nitrogen and oxygen atoms in total. The first-order valence-electron chi connectivity index (χ1n) is 9.91. The standard InChI is InChI=1S/2C11H10O.2C2H6/c1-8-3-2-4-9-7-10(12)5-6-11(8)9;1-8-3-2-4-9-5-6-10(12)7-11(8)9;2*1-2/h2*2-7,12H,1H3;2*1-2H3. The Morgan fingerprint density at radius 3 is 1.64 bits per heavy atom. The van der Waals surface area contributed by atoms with E-state index >= 15 is 0 Å². The van der Waals surface area contributed by atoms with Crippen LogP contribution in [-0.4, -0.2) is 10.2 Å². The monoisotopic (exact) mass is 376 g/mol. The highest BCUT2D eigenvalue weighted by Crippen LogP contribution is 2.23. The van der Waals surface area contributed by atoms with Crippen molar-refractivity contribution in [2.24, 2.45) is 0 Å². The molecule has 4 aromatic rings. The van der Waals surface area contributed by atoms with Crippen LogP contribution in [-0.2, 0) is 0 Å². The number of aryl methyl sites for hydroxylation is 2. The molecule has 4 aromatic carbocycles. The molecule has 0 spiro atoms. The largest absolute Gasteiger partial charge is 0.508 e. The van der Waals surface area contributed by atoms with Gasteiger partial charge in [0.15, 0.2) is 0 Å². The second kappa shape index (κ2) is 11.7. The fourth-order valence-electron chi connectivity index (χ4n) is 2.85. The van der Waals surface area contributed by atoms with E-state index in [1.54, 1.807) is 24.3 Å². The van der Waals surface area contributed by atoms with Gasteiger partial charge >= 0.3 is 0 Å². The van der Waals surface area contributed by atoms with Gasteiger partial charge in [0.2, 0.25) is 0 Å². The Morgan fingerprint density at radius 2 is 1.00 bits per heavy atom. The first-order chi connectivity index (χ1) is 13.5. The SMILES string of the molecule is CC.CC.Cc1cccc2cc(O)ccc12.Cc1cccc2ccc(O)cc12. The van der Waals surface area contributed by atoms with E-state index in [2.05, 4.69) is 13.0 Å². The molecular weight excluding hydrogens is 344 g/mol. The second-order valence-corrected chi connectivity index (χ2v) is 5.96. The van der Waals surface area contributed by atoms with E-state index in [9.17, 15) is 10.2 Å². The van der Waals surface area contributed by atoms with Gasteiger partial charge < -0.3 is 10.2 Å². The molecule has 148 valence electrons. The first-order valence-corrected chi connectivity index (χ1v) is 9.91. The summed E-state index contributed by atoms with van der Waals surface area (Å²) in [5, 5.41) is 23.1. The molecule has 2 N–H and O–H groups in total. The quantitative estimate of drug-likeness (QED) is 0.329. The van der Waals surface area contributed by atoms with Gasteiger partial charge in [-0.3, -0.25) is 0 Å². The number of hydrogen-bond acceptors (Lipinski definition) is 2. The minimum absolute atomic E-state index is 0.327. The lowest BCUT2D eigenvalue weighted by Crippen LogP contribution is -1.76. The molecule has 0 unspecified atom stereocenters. The minimum Gasteiger partial charge on any atom is -0.508 e.